The van der Waals surface area contributed by atoms with Crippen molar-refractivity contribution in [3.8, 4) is 5.75 Å². The first-order chi connectivity index (χ1) is 6.74. The van der Waals surface area contributed by atoms with Crippen molar-refractivity contribution >= 4 is 22.0 Å². The Bertz CT molecular complexity index is 397. The van der Waals surface area contributed by atoms with Crippen LogP contribution in [0.3, 0.4) is 0 Å². The molecule has 72 valence electrons. The third kappa shape index (κ3) is 3.12. The summed E-state index contributed by atoms with van der Waals surface area (Å²) >= 11 is 3.24. The third-order valence-electron chi connectivity index (χ3n) is 1.54. The number of hydrogen-bond donors (Lipinski definition) is 1. The standard InChI is InChI=1S/C9H8BrN3O/c10-8-4-3-7(9(14)6-8)2-1-5-12-13-11/h1-4,6,14H,5H2. The lowest BCUT2D eigenvalue weighted by molar-refractivity contribution is 0.473. The van der Waals surface area contributed by atoms with Crippen LogP contribution < -0.4 is 0 Å². The average molecular weight is 254 g/mol. The maximum Gasteiger partial charge on any atom is 0.123 e. The molecule has 0 aromatic heterocycles. The van der Waals surface area contributed by atoms with Crippen molar-refractivity contribution in [1.82, 2.24) is 0 Å². The first-order valence-corrected chi connectivity index (χ1v) is 4.69. The van der Waals surface area contributed by atoms with E-state index in [2.05, 4.69) is 26.0 Å². The summed E-state index contributed by atoms with van der Waals surface area (Å²) in [6, 6.07) is 5.20. The van der Waals surface area contributed by atoms with Gasteiger partial charge in [-0.2, -0.15) is 0 Å². The second-order valence-corrected chi connectivity index (χ2v) is 3.43. The van der Waals surface area contributed by atoms with Gasteiger partial charge < -0.3 is 5.11 Å². The van der Waals surface area contributed by atoms with Crippen LogP contribution in [0.15, 0.2) is 33.9 Å². The number of azide groups is 1. The molecule has 0 fully saturated rings. The zero-order valence-corrected chi connectivity index (χ0v) is 8.85. The molecule has 0 saturated heterocycles. The van der Waals surface area contributed by atoms with Gasteiger partial charge in [-0.1, -0.05) is 39.3 Å². The minimum absolute atomic E-state index is 0.191. The predicted octanol–water partition coefficient (Wildman–Crippen LogP) is 3.48. The van der Waals surface area contributed by atoms with E-state index in [4.69, 9.17) is 5.53 Å². The topological polar surface area (TPSA) is 69.0 Å². The Morgan fingerprint density at radius 2 is 2.36 bits per heavy atom. The van der Waals surface area contributed by atoms with E-state index in [1.54, 1.807) is 24.3 Å². The molecule has 0 aliphatic heterocycles. The Kier molecular flexibility index (Phi) is 4.04. The van der Waals surface area contributed by atoms with Gasteiger partial charge in [0.1, 0.15) is 5.75 Å². The molecule has 1 rings (SSSR count). The summed E-state index contributed by atoms with van der Waals surface area (Å²) in [5.41, 5.74) is 8.72. The van der Waals surface area contributed by atoms with Crippen LogP contribution in [-0.2, 0) is 0 Å². The van der Waals surface area contributed by atoms with Crippen molar-refractivity contribution in [2.24, 2.45) is 5.11 Å². The zero-order valence-electron chi connectivity index (χ0n) is 7.26. The van der Waals surface area contributed by atoms with E-state index in [-0.39, 0.29) is 12.3 Å². The maximum atomic E-state index is 9.46. The quantitative estimate of drug-likeness (QED) is 0.500. The molecule has 1 aromatic carbocycles. The van der Waals surface area contributed by atoms with Crippen LogP contribution in [0.1, 0.15) is 5.56 Å². The second kappa shape index (κ2) is 5.32. The number of phenols is 1. The molecule has 0 amide bonds. The summed E-state index contributed by atoms with van der Waals surface area (Å²) < 4.78 is 0.821. The monoisotopic (exact) mass is 253 g/mol. The number of hydrogen-bond acceptors (Lipinski definition) is 2. The minimum atomic E-state index is 0.191. The van der Waals surface area contributed by atoms with Crippen LogP contribution in [0, 0.1) is 0 Å². The van der Waals surface area contributed by atoms with Gasteiger partial charge in [0, 0.05) is 21.5 Å². The van der Waals surface area contributed by atoms with Crippen LogP contribution in [0.4, 0.5) is 0 Å². The third-order valence-corrected chi connectivity index (χ3v) is 2.03. The molecule has 0 radical (unpaired) electrons. The van der Waals surface area contributed by atoms with Gasteiger partial charge in [0.2, 0.25) is 0 Å². The smallest absolute Gasteiger partial charge is 0.123 e. The molecular weight excluding hydrogens is 246 g/mol. The van der Waals surface area contributed by atoms with Crippen LogP contribution in [0.2, 0.25) is 0 Å². The molecule has 1 N–H and O–H groups in total. The highest BCUT2D eigenvalue weighted by molar-refractivity contribution is 9.10. The number of benzene rings is 1. The SMILES string of the molecule is [N-]=[N+]=NCC=Cc1ccc(Br)cc1O. The molecule has 0 unspecified atom stereocenters. The molecule has 0 heterocycles. The lowest BCUT2D eigenvalue weighted by Crippen LogP contribution is -1.75. The molecule has 0 aliphatic rings. The van der Waals surface area contributed by atoms with E-state index >= 15 is 0 Å². The first-order valence-electron chi connectivity index (χ1n) is 3.90. The number of rotatable bonds is 3. The summed E-state index contributed by atoms with van der Waals surface area (Å²) in [5.74, 6) is 0.191. The van der Waals surface area contributed by atoms with Crippen molar-refractivity contribution in [1.29, 1.82) is 0 Å². The summed E-state index contributed by atoms with van der Waals surface area (Å²) in [7, 11) is 0. The molecule has 0 bridgehead atoms. The lowest BCUT2D eigenvalue weighted by atomic mass is 10.2. The fraction of sp³-hybridized carbons (Fsp3) is 0.111. The first kappa shape index (κ1) is 10.6. The van der Waals surface area contributed by atoms with Crippen molar-refractivity contribution in [3.05, 3.63) is 44.8 Å². The summed E-state index contributed by atoms with van der Waals surface area (Å²) in [4.78, 5) is 2.61. The molecule has 5 heteroatoms. The zero-order chi connectivity index (χ0) is 10.4. The second-order valence-electron chi connectivity index (χ2n) is 2.52. The van der Waals surface area contributed by atoms with E-state index < -0.39 is 0 Å². The Balaban J connectivity index is 2.76. The molecule has 1 aromatic rings. The van der Waals surface area contributed by atoms with Crippen molar-refractivity contribution in [2.75, 3.05) is 6.54 Å². The van der Waals surface area contributed by atoms with Crippen molar-refractivity contribution in [3.63, 3.8) is 0 Å². The van der Waals surface area contributed by atoms with Gasteiger partial charge in [-0.15, -0.1) is 0 Å². The van der Waals surface area contributed by atoms with Gasteiger partial charge >= 0.3 is 0 Å². The molecule has 0 atom stereocenters. The number of phenolic OH excluding ortho intramolecular Hbond substituents is 1. The van der Waals surface area contributed by atoms with Crippen LogP contribution in [0.25, 0.3) is 16.5 Å². The van der Waals surface area contributed by atoms with E-state index in [1.165, 1.54) is 0 Å². The van der Waals surface area contributed by atoms with Crippen LogP contribution in [0.5, 0.6) is 5.75 Å². The Morgan fingerprint density at radius 1 is 1.57 bits per heavy atom. The Morgan fingerprint density at radius 3 is 3.00 bits per heavy atom. The summed E-state index contributed by atoms with van der Waals surface area (Å²) in [5, 5.41) is 12.8. The summed E-state index contributed by atoms with van der Waals surface area (Å²) in [6.45, 7) is 0.284. The van der Waals surface area contributed by atoms with Gasteiger partial charge in [-0.05, 0) is 17.7 Å². The van der Waals surface area contributed by atoms with E-state index in [9.17, 15) is 5.11 Å². The van der Waals surface area contributed by atoms with Gasteiger partial charge in [0.05, 0.1) is 0 Å². The number of halogens is 1. The highest BCUT2D eigenvalue weighted by Gasteiger charge is 1.96. The van der Waals surface area contributed by atoms with E-state index in [0.717, 1.165) is 4.47 Å². The molecule has 0 saturated carbocycles. The highest BCUT2D eigenvalue weighted by atomic mass is 79.9. The number of aromatic hydroxyl groups is 1. The molecule has 4 nitrogen and oxygen atoms in total. The Labute approximate surface area is 89.6 Å². The minimum Gasteiger partial charge on any atom is -0.507 e. The number of nitrogens with zero attached hydrogens (tertiary/aromatic N) is 3. The van der Waals surface area contributed by atoms with E-state index in [0.29, 0.717) is 5.56 Å². The van der Waals surface area contributed by atoms with E-state index in [1.807, 2.05) is 6.07 Å². The van der Waals surface area contributed by atoms with Gasteiger partial charge in [-0.3, -0.25) is 0 Å². The Hall–Kier alpha value is -1.45. The highest BCUT2D eigenvalue weighted by Crippen LogP contribution is 2.23. The molecule has 0 aliphatic carbocycles. The van der Waals surface area contributed by atoms with Gasteiger partial charge in [-0.25, -0.2) is 0 Å². The lowest BCUT2D eigenvalue weighted by Gasteiger charge is -1.98. The fourth-order valence-electron chi connectivity index (χ4n) is 0.921. The van der Waals surface area contributed by atoms with Crippen LogP contribution >= 0.6 is 15.9 Å². The largest absolute Gasteiger partial charge is 0.507 e. The summed E-state index contributed by atoms with van der Waals surface area (Å²) in [6.07, 6.45) is 3.39. The molecular formula is C9H8BrN3O. The predicted molar refractivity (Wildman–Crippen MR) is 58.9 cm³/mol. The molecule has 0 spiro atoms. The van der Waals surface area contributed by atoms with Crippen molar-refractivity contribution < 1.29 is 5.11 Å². The van der Waals surface area contributed by atoms with Gasteiger partial charge in [0.15, 0.2) is 0 Å². The fourth-order valence-corrected chi connectivity index (χ4v) is 1.27. The normalized spacial score (nSPS) is 10.1. The molecule has 14 heavy (non-hydrogen) atoms. The van der Waals surface area contributed by atoms with Crippen LogP contribution in [-0.4, -0.2) is 11.7 Å². The maximum absolute atomic E-state index is 9.46. The average Bonchev–Trinajstić information content (AvgIpc) is 2.15. The van der Waals surface area contributed by atoms with Gasteiger partial charge in [0.25, 0.3) is 0 Å². The van der Waals surface area contributed by atoms with Crippen molar-refractivity contribution in [2.45, 2.75) is 0 Å².